The first-order valence-electron chi connectivity index (χ1n) is 8.79. The van der Waals surface area contributed by atoms with Gasteiger partial charge in [-0.05, 0) is 29.1 Å². The maximum atomic E-state index is 14.0. The number of aromatic nitrogens is 2. The van der Waals surface area contributed by atoms with Gasteiger partial charge in [-0.15, -0.1) is 10.2 Å². The number of hydrogen-bond donors (Lipinski definition) is 2. The topological polar surface area (TPSA) is 92.2 Å². The van der Waals surface area contributed by atoms with Gasteiger partial charge in [-0.25, -0.2) is 9.18 Å². The van der Waals surface area contributed by atoms with E-state index in [0.717, 1.165) is 10.9 Å². The SMILES string of the molecule is O=C(O)c1ccccc1C(=O)Nc1nnc(SCc2ccc(F)c3ccccc23)s1. The lowest BCUT2D eigenvalue weighted by Crippen LogP contribution is -2.16. The van der Waals surface area contributed by atoms with Crippen molar-refractivity contribution in [3.63, 3.8) is 0 Å². The zero-order valence-electron chi connectivity index (χ0n) is 15.3. The van der Waals surface area contributed by atoms with E-state index in [1.807, 2.05) is 12.1 Å². The van der Waals surface area contributed by atoms with Gasteiger partial charge in [0.2, 0.25) is 5.13 Å². The van der Waals surface area contributed by atoms with Crippen molar-refractivity contribution >= 4 is 50.9 Å². The third-order valence-electron chi connectivity index (χ3n) is 4.34. The molecule has 0 unspecified atom stereocenters. The molecule has 6 nitrogen and oxygen atoms in total. The minimum atomic E-state index is -1.18. The number of amides is 1. The van der Waals surface area contributed by atoms with Gasteiger partial charge in [-0.3, -0.25) is 10.1 Å². The van der Waals surface area contributed by atoms with E-state index in [9.17, 15) is 19.1 Å². The second-order valence-electron chi connectivity index (χ2n) is 6.22. The maximum Gasteiger partial charge on any atom is 0.336 e. The molecule has 0 aliphatic heterocycles. The Kier molecular flexibility index (Phi) is 5.73. The molecule has 0 aliphatic carbocycles. The van der Waals surface area contributed by atoms with Crippen LogP contribution in [0.25, 0.3) is 10.8 Å². The summed E-state index contributed by atoms with van der Waals surface area (Å²) in [6, 6.07) is 16.4. The highest BCUT2D eigenvalue weighted by atomic mass is 32.2. The zero-order valence-corrected chi connectivity index (χ0v) is 17.0. The number of benzene rings is 3. The second-order valence-corrected chi connectivity index (χ2v) is 8.42. The molecular formula is C21H14FN3O3S2. The van der Waals surface area contributed by atoms with Gasteiger partial charge in [-0.2, -0.15) is 0 Å². The van der Waals surface area contributed by atoms with Crippen molar-refractivity contribution in [3.8, 4) is 0 Å². The fourth-order valence-electron chi connectivity index (χ4n) is 2.94. The number of carbonyl (C=O) groups is 2. The molecule has 4 aromatic rings. The molecule has 1 amide bonds. The average Bonchev–Trinajstić information content (AvgIpc) is 3.20. The van der Waals surface area contributed by atoms with Gasteiger partial charge < -0.3 is 5.11 Å². The maximum absolute atomic E-state index is 14.0. The van der Waals surface area contributed by atoms with Crippen LogP contribution in [0, 0.1) is 5.82 Å². The molecule has 0 aliphatic rings. The Bertz CT molecular complexity index is 1260. The molecule has 0 fully saturated rings. The second kappa shape index (κ2) is 8.60. The molecule has 2 N–H and O–H groups in total. The number of carboxylic acid groups (broad SMARTS) is 1. The normalized spacial score (nSPS) is 10.8. The van der Waals surface area contributed by atoms with Gasteiger partial charge in [0.1, 0.15) is 5.82 Å². The molecule has 0 radical (unpaired) electrons. The van der Waals surface area contributed by atoms with E-state index >= 15 is 0 Å². The number of carboxylic acids is 1. The lowest BCUT2D eigenvalue weighted by molar-refractivity contribution is 0.0692. The zero-order chi connectivity index (χ0) is 21.1. The Labute approximate surface area is 178 Å². The summed E-state index contributed by atoms with van der Waals surface area (Å²) >= 11 is 2.61. The standard InChI is InChI=1S/C21H14FN3O3S2/c22-17-10-9-12(13-5-1-2-6-14(13)17)11-29-21-25-24-20(30-21)23-18(26)15-7-3-4-8-16(15)19(27)28/h1-10H,11H2,(H,27,28)(H,23,24,26). The smallest absolute Gasteiger partial charge is 0.336 e. The highest BCUT2D eigenvalue weighted by molar-refractivity contribution is 8.00. The Morgan fingerprint density at radius 2 is 1.67 bits per heavy atom. The van der Waals surface area contributed by atoms with Crippen LogP contribution >= 0.6 is 23.1 Å². The minimum Gasteiger partial charge on any atom is -0.478 e. The molecule has 9 heteroatoms. The third kappa shape index (κ3) is 4.17. The summed E-state index contributed by atoms with van der Waals surface area (Å²) in [6.45, 7) is 0. The molecule has 0 bridgehead atoms. The predicted molar refractivity (Wildman–Crippen MR) is 115 cm³/mol. The van der Waals surface area contributed by atoms with Crippen LogP contribution in [0.5, 0.6) is 0 Å². The quantitative estimate of drug-likeness (QED) is 0.322. The molecule has 0 spiro atoms. The lowest BCUT2D eigenvalue weighted by atomic mass is 10.1. The Morgan fingerprint density at radius 3 is 2.43 bits per heavy atom. The molecular weight excluding hydrogens is 425 g/mol. The molecule has 3 aromatic carbocycles. The van der Waals surface area contributed by atoms with Gasteiger partial charge in [0.05, 0.1) is 11.1 Å². The van der Waals surface area contributed by atoms with Crippen molar-refractivity contribution < 1.29 is 19.1 Å². The number of carbonyl (C=O) groups excluding carboxylic acids is 1. The predicted octanol–water partition coefficient (Wildman–Crippen LogP) is 5.07. The monoisotopic (exact) mass is 439 g/mol. The van der Waals surface area contributed by atoms with Crippen LogP contribution in [0.2, 0.25) is 0 Å². The number of rotatable bonds is 6. The van der Waals surface area contributed by atoms with Crippen LogP contribution < -0.4 is 5.32 Å². The average molecular weight is 439 g/mol. The first-order valence-corrected chi connectivity index (χ1v) is 10.6. The fourth-order valence-corrected chi connectivity index (χ4v) is 4.69. The number of anilines is 1. The van der Waals surface area contributed by atoms with E-state index in [4.69, 9.17) is 0 Å². The first kappa shape index (κ1) is 20.0. The molecule has 0 atom stereocenters. The third-order valence-corrected chi connectivity index (χ3v) is 6.36. The van der Waals surface area contributed by atoms with Crippen molar-refractivity contribution in [2.24, 2.45) is 0 Å². The largest absolute Gasteiger partial charge is 0.478 e. The number of fused-ring (bicyclic) bond motifs is 1. The molecule has 1 heterocycles. The summed E-state index contributed by atoms with van der Waals surface area (Å²) in [7, 11) is 0. The summed E-state index contributed by atoms with van der Waals surface area (Å²) < 4.78 is 14.6. The molecule has 150 valence electrons. The number of aromatic carboxylic acids is 1. The van der Waals surface area contributed by atoms with Crippen LogP contribution in [-0.2, 0) is 5.75 Å². The van der Waals surface area contributed by atoms with Crippen LogP contribution in [-0.4, -0.2) is 27.2 Å². The number of halogens is 1. The van der Waals surface area contributed by atoms with Crippen LogP contribution in [0.3, 0.4) is 0 Å². The number of hydrogen-bond acceptors (Lipinski definition) is 6. The molecule has 1 aromatic heterocycles. The number of thioether (sulfide) groups is 1. The van der Waals surface area contributed by atoms with Gasteiger partial charge >= 0.3 is 5.97 Å². The van der Waals surface area contributed by atoms with Gasteiger partial charge in [0.15, 0.2) is 4.34 Å². The number of nitrogens with one attached hydrogen (secondary N) is 1. The molecule has 0 saturated carbocycles. The van der Waals surface area contributed by atoms with Crippen molar-refractivity contribution in [1.29, 1.82) is 0 Å². The highest BCUT2D eigenvalue weighted by Crippen LogP contribution is 2.31. The summed E-state index contributed by atoms with van der Waals surface area (Å²) in [5.41, 5.74) is 0.928. The van der Waals surface area contributed by atoms with Crippen molar-refractivity contribution in [2.75, 3.05) is 5.32 Å². The molecule has 30 heavy (non-hydrogen) atoms. The van der Waals surface area contributed by atoms with E-state index in [1.165, 1.54) is 41.3 Å². The molecule has 0 saturated heterocycles. The van der Waals surface area contributed by atoms with Gasteiger partial charge in [-0.1, -0.05) is 65.6 Å². The van der Waals surface area contributed by atoms with E-state index in [-0.39, 0.29) is 22.1 Å². The fraction of sp³-hybridized carbons (Fsp3) is 0.0476. The van der Waals surface area contributed by atoms with E-state index in [2.05, 4.69) is 15.5 Å². The Balaban J connectivity index is 1.46. The van der Waals surface area contributed by atoms with Crippen molar-refractivity contribution in [2.45, 2.75) is 10.1 Å². The van der Waals surface area contributed by atoms with Crippen molar-refractivity contribution in [3.05, 3.63) is 83.2 Å². The minimum absolute atomic E-state index is 0.0483. The van der Waals surface area contributed by atoms with Gasteiger partial charge in [0.25, 0.3) is 5.91 Å². The van der Waals surface area contributed by atoms with Crippen LogP contribution in [0.4, 0.5) is 9.52 Å². The summed E-state index contributed by atoms with van der Waals surface area (Å²) in [5, 5.41) is 21.5. The summed E-state index contributed by atoms with van der Waals surface area (Å²) in [5.74, 6) is -1.45. The van der Waals surface area contributed by atoms with Crippen molar-refractivity contribution in [1.82, 2.24) is 10.2 Å². The summed E-state index contributed by atoms with van der Waals surface area (Å²) in [4.78, 5) is 23.7. The summed E-state index contributed by atoms with van der Waals surface area (Å²) in [6.07, 6.45) is 0. The Morgan fingerprint density at radius 1 is 0.967 bits per heavy atom. The van der Waals surface area contributed by atoms with E-state index < -0.39 is 11.9 Å². The van der Waals surface area contributed by atoms with Gasteiger partial charge in [0, 0.05) is 11.1 Å². The van der Waals surface area contributed by atoms with E-state index in [1.54, 1.807) is 30.3 Å². The van der Waals surface area contributed by atoms with E-state index in [0.29, 0.717) is 15.5 Å². The Hall–Kier alpha value is -3.30. The molecule has 4 rings (SSSR count). The lowest BCUT2D eigenvalue weighted by Gasteiger charge is -2.06. The number of nitrogens with zero attached hydrogens (tertiary/aromatic N) is 2. The first-order chi connectivity index (χ1) is 14.5. The van der Waals surface area contributed by atoms with Crippen LogP contribution in [0.1, 0.15) is 26.3 Å². The van der Waals surface area contributed by atoms with Crippen LogP contribution in [0.15, 0.2) is 65.0 Å². The highest BCUT2D eigenvalue weighted by Gasteiger charge is 2.17.